The van der Waals surface area contributed by atoms with Gasteiger partial charge in [0.1, 0.15) is 11.6 Å². The maximum Gasteiger partial charge on any atom is 0.276 e. The van der Waals surface area contributed by atoms with Crippen LogP contribution >= 0.6 is 23.2 Å². The number of allylic oxidation sites excluding steroid dienone is 1. The molecule has 3 aliphatic heterocycles. The Kier molecular flexibility index (Phi) is 6.61. The molecule has 2 fully saturated rings. The SMILES string of the molecule is O=C(C1=C2NCCCN2[C@]2(O)C(=O)N(Cc3ccccc3)C[C@@H]2[C@H]1c1ccc(Cl)cc1Cl)c1ccc(F)cc1. The highest BCUT2D eigenvalue weighted by atomic mass is 35.5. The standard InChI is InChI=1S/C30H26Cl2FN3O3/c31-20-9-12-22(24(32)15-20)25-23-17-35(16-18-5-2-1-3-6-18)29(38)30(23,39)36-14-4-13-34-28(36)26(25)27(37)19-7-10-21(33)11-8-19/h1-3,5-12,15,23,25,34,39H,4,13-14,16-17H2/t23-,25-,30-/m1/s1. The van der Waals surface area contributed by atoms with Crippen molar-refractivity contribution >= 4 is 34.9 Å². The lowest BCUT2D eigenvalue weighted by Crippen LogP contribution is -2.65. The van der Waals surface area contributed by atoms with Crippen LogP contribution < -0.4 is 5.32 Å². The number of ketones is 1. The molecule has 39 heavy (non-hydrogen) atoms. The Morgan fingerprint density at radius 2 is 1.82 bits per heavy atom. The predicted octanol–water partition coefficient (Wildman–Crippen LogP) is 4.97. The second-order valence-corrected chi connectivity index (χ2v) is 11.0. The monoisotopic (exact) mass is 565 g/mol. The van der Waals surface area contributed by atoms with Gasteiger partial charge in [0.25, 0.3) is 5.91 Å². The number of Topliss-reactive ketones (excluding diaryl/α,β-unsaturated/α-hetero) is 1. The summed E-state index contributed by atoms with van der Waals surface area (Å²) in [6.07, 6.45) is 0.675. The van der Waals surface area contributed by atoms with Crippen LogP contribution in [0, 0.1) is 11.7 Å². The number of carbonyl (C=O) groups is 2. The third kappa shape index (κ3) is 4.29. The number of hydrogen-bond acceptors (Lipinski definition) is 5. The predicted molar refractivity (Wildman–Crippen MR) is 147 cm³/mol. The fourth-order valence-corrected chi connectivity index (χ4v) is 6.67. The molecule has 0 bridgehead atoms. The van der Waals surface area contributed by atoms with Gasteiger partial charge < -0.3 is 20.2 Å². The number of carbonyl (C=O) groups excluding carboxylic acids is 2. The molecule has 0 radical (unpaired) electrons. The zero-order valence-corrected chi connectivity index (χ0v) is 22.4. The highest BCUT2D eigenvalue weighted by Gasteiger charge is 2.64. The Labute approximate surface area is 235 Å². The van der Waals surface area contributed by atoms with Crippen molar-refractivity contribution in [3.8, 4) is 0 Å². The fourth-order valence-electron chi connectivity index (χ4n) is 6.15. The molecule has 0 aliphatic carbocycles. The van der Waals surface area contributed by atoms with E-state index >= 15 is 0 Å². The molecule has 0 spiro atoms. The molecule has 6 rings (SSSR count). The first kappa shape index (κ1) is 25.9. The van der Waals surface area contributed by atoms with Crippen LogP contribution in [0.15, 0.2) is 84.2 Å². The maximum absolute atomic E-state index is 14.2. The number of halogens is 3. The van der Waals surface area contributed by atoms with E-state index in [1.165, 1.54) is 24.3 Å². The summed E-state index contributed by atoms with van der Waals surface area (Å²) in [5.74, 6) is -2.23. The number of hydrogen-bond donors (Lipinski definition) is 2. The highest BCUT2D eigenvalue weighted by Crippen LogP contribution is 2.53. The zero-order chi connectivity index (χ0) is 27.3. The van der Waals surface area contributed by atoms with Gasteiger partial charge in [-0.15, -0.1) is 0 Å². The van der Waals surface area contributed by atoms with E-state index in [9.17, 15) is 19.1 Å². The summed E-state index contributed by atoms with van der Waals surface area (Å²) in [5, 5.41) is 16.4. The van der Waals surface area contributed by atoms with Crippen LogP contribution in [0.3, 0.4) is 0 Å². The van der Waals surface area contributed by atoms with Crippen molar-refractivity contribution in [3.05, 3.63) is 117 Å². The van der Waals surface area contributed by atoms with E-state index in [0.717, 1.165) is 5.56 Å². The van der Waals surface area contributed by atoms with Gasteiger partial charge in [0.05, 0.1) is 0 Å². The zero-order valence-electron chi connectivity index (χ0n) is 20.9. The van der Waals surface area contributed by atoms with Gasteiger partial charge in [-0.1, -0.05) is 59.6 Å². The summed E-state index contributed by atoms with van der Waals surface area (Å²) in [6, 6.07) is 20.0. The summed E-state index contributed by atoms with van der Waals surface area (Å²) >= 11 is 13.0. The van der Waals surface area contributed by atoms with E-state index < -0.39 is 29.3 Å². The van der Waals surface area contributed by atoms with E-state index in [0.29, 0.717) is 58.6 Å². The van der Waals surface area contributed by atoms with Crippen molar-refractivity contribution in [2.24, 2.45) is 5.92 Å². The Hall–Kier alpha value is -3.39. The highest BCUT2D eigenvalue weighted by molar-refractivity contribution is 6.35. The van der Waals surface area contributed by atoms with E-state index in [4.69, 9.17) is 23.2 Å². The lowest BCUT2D eigenvalue weighted by Gasteiger charge is -2.51. The van der Waals surface area contributed by atoms with Gasteiger partial charge in [0.15, 0.2) is 5.78 Å². The van der Waals surface area contributed by atoms with Gasteiger partial charge in [-0.2, -0.15) is 0 Å². The molecule has 2 saturated heterocycles. The number of nitrogens with zero attached hydrogens (tertiary/aromatic N) is 2. The Bertz CT molecular complexity index is 1480. The summed E-state index contributed by atoms with van der Waals surface area (Å²) in [4.78, 5) is 31.5. The molecular weight excluding hydrogens is 540 g/mol. The third-order valence-corrected chi connectivity index (χ3v) is 8.46. The average molecular weight is 566 g/mol. The number of amides is 1. The first-order chi connectivity index (χ1) is 18.8. The molecule has 0 unspecified atom stereocenters. The average Bonchev–Trinajstić information content (AvgIpc) is 3.19. The summed E-state index contributed by atoms with van der Waals surface area (Å²) in [5.41, 5.74) is 0.315. The topological polar surface area (TPSA) is 72.9 Å². The van der Waals surface area contributed by atoms with Crippen molar-refractivity contribution in [3.63, 3.8) is 0 Å². The molecule has 200 valence electrons. The minimum absolute atomic E-state index is 0.206. The molecule has 3 aromatic carbocycles. The molecular formula is C30H26Cl2FN3O3. The second-order valence-electron chi connectivity index (χ2n) is 10.2. The van der Waals surface area contributed by atoms with E-state index in [1.807, 2.05) is 30.3 Å². The van der Waals surface area contributed by atoms with Gasteiger partial charge in [0, 0.05) is 59.2 Å². The van der Waals surface area contributed by atoms with Crippen molar-refractivity contribution in [1.29, 1.82) is 0 Å². The largest absolute Gasteiger partial charge is 0.371 e. The van der Waals surface area contributed by atoms with Crippen molar-refractivity contribution in [2.75, 3.05) is 19.6 Å². The fraction of sp³-hybridized carbons (Fsp3) is 0.267. The van der Waals surface area contributed by atoms with Gasteiger partial charge in [-0.3, -0.25) is 9.59 Å². The van der Waals surface area contributed by atoms with Crippen molar-refractivity contribution in [2.45, 2.75) is 24.6 Å². The minimum Gasteiger partial charge on any atom is -0.371 e. The van der Waals surface area contributed by atoms with Crippen LogP contribution in [0.1, 0.15) is 33.8 Å². The first-order valence-corrected chi connectivity index (χ1v) is 13.6. The van der Waals surface area contributed by atoms with Crippen LogP contribution in [0.2, 0.25) is 10.0 Å². The number of likely N-dealkylation sites (tertiary alicyclic amines) is 1. The molecule has 3 heterocycles. The number of aliphatic hydroxyl groups is 1. The van der Waals surface area contributed by atoms with Gasteiger partial charge in [0.2, 0.25) is 5.72 Å². The molecule has 3 aromatic rings. The maximum atomic E-state index is 14.2. The minimum atomic E-state index is -1.89. The lowest BCUT2D eigenvalue weighted by molar-refractivity contribution is -0.172. The number of nitrogens with one attached hydrogen (secondary N) is 1. The molecule has 2 N–H and O–H groups in total. The number of rotatable bonds is 5. The van der Waals surface area contributed by atoms with Crippen LogP contribution in [-0.4, -0.2) is 52.0 Å². The van der Waals surface area contributed by atoms with E-state index in [1.54, 1.807) is 28.0 Å². The Balaban J connectivity index is 1.54. The molecule has 0 saturated carbocycles. The molecule has 0 aromatic heterocycles. The second kappa shape index (κ2) is 9.97. The summed E-state index contributed by atoms with van der Waals surface area (Å²) in [7, 11) is 0. The summed E-state index contributed by atoms with van der Waals surface area (Å²) < 4.78 is 13.7. The molecule has 3 aliphatic rings. The van der Waals surface area contributed by atoms with Crippen LogP contribution in [-0.2, 0) is 11.3 Å². The lowest BCUT2D eigenvalue weighted by atomic mass is 9.70. The third-order valence-electron chi connectivity index (χ3n) is 7.90. The van der Waals surface area contributed by atoms with Crippen LogP contribution in [0.25, 0.3) is 0 Å². The van der Waals surface area contributed by atoms with Gasteiger partial charge >= 0.3 is 0 Å². The summed E-state index contributed by atoms with van der Waals surface area (Å²) in [6.45, 7) is 1.48. The smallest absolute Gasteiger partial charge is 0.276 e. The quantitative estimate of drug-likeness (QED) is 0.427. The number of fused-ring (bicyclic) bond motifs is 3. The Morgan fingerprint density at radius 1 is 1.08 bits per heavy atom. The number of benzene rings is 3. The van der Waals surface area contributed by atoms with Crippen LogP contribution in [0.4, 0.5) is 4.39 Å². The van der Waals surface area contributed by atoms with Gasteiger partial charge in [-0.05, 0) is 53.9 Å². The van der Waals surface area contributed by atoms with Gasteiger partial charge in [-0.25, -0.2) is 4.39 Å². The molecule has 6 nitrogen and oxygen atoms in total. The molecule has 3 atom stereocenters. The first-order valence-electron chi connectivity index (χ1n) is 12.9. The van der Waals surface area contributed by atoms with E-state index in [2.05, 4.69) is 5.32 Å². The normalized spacial score (nSPS) is 24.4. The van der Waals surface area contributed by atoms with E-state index in [-0.39, 0.29) is 12.3 Å². The van der Waals surface area contributed by atoms with Crippen molar-refractivity contribution in [1.82, 2.24) is 15.1 Å². The van der Waals surface area contributed by atoms with Crippen LogP contribution in [0.5, 0.6) is 0 Å². The molecule has 9 heteroatoms. The Morgan fingerprint density at radius 3 is 2.54 bits per heavy atom. The van der Waals surface area contributed by atoms with Crippen molar-refractivity contribution < 1.29 is 19.1 Å². The molecule has 1 amide bonds.